The smallest absolute Gasteiger partial charge is 0.0366 e. The standard InChI is InChI=1S/C14H25N3/c1-12-7-8-13(2)17(12)15-10-9-14-6-4-5-11-16(14)3/h7-8,14-15H,4-6,9-11H2,1-3H3. The quantitative estimate of drug-likeness (QED) is 0.865. The molecule has 3 nitrogen and oxygen atoms in total. The van der Waals surface area contributed by atoms with E-state index in [1.807, 2.05) is 0 Å². The summed E-state index contributed by atoms with van der Waals surface area (Å²) in [6.45, 7) is 6.62. The van der Waals surface area contributed by atoms with Crippen LogP contribution in [0.4, 0.5) is 0 Å². The zero-order chi connectivity index (χ0) is 12.3. The van der Waals surface area contributed by atoms with E-state index in [1.54, 1.807) is 0 Å². The number of nitrogens with zero attached hydrogens (tertiary/aromatic N) is 2. The number of aromatic nitrogens is 1. The van der Waals surface area contributed by atoms with Crippen molar-refractivity contribution in [2.24, 2.45) is 0 Å². The Kier molecular flexibility index (Phi) is 4.11. The third-order valence-electron chi connectivity index (χ3n) is 3.94. The molecule has 0 bridgehead atoms. The maximum Gasteiger partial charge on any atom is 0.0366 e. The van der Waals surface area contributed by atoms with Crippen LogP contribution in [0.1, 0.15) is 37.1 Å². The molecule has 1 aromatic heterocycles. The number of piperidine rings is 1. The lowest BCUT2D eigenvalue weighted by Gasteiger charge is -2.32. The van der Waals surface area contributed by atoms with Crippen molar-refractivity contribution in [1.29, 1.82) is 0 Å². The zero-order valence-electron chi connectivity index (χ0n) is 11.4. The molecule has 1 fully saturated rings. The topological polar surface area (TPSA) is 20.2 Å². The molecular formula is C14H25N3. The van der Waals surface area contributed by atoms with E-state index >= 15 is 0 Å². The molecule has 1 N–H and O–H groups in total. The highest BCUT2D eigenvalue weighted by Gasteiger charge is 2.18. The van der Waals surface area contributed by atoms with Crippen molar-refractivity contribution in [3.05, 3.63) is 23.5 Å². The van der Waals surface area contributed by atoms with Gasteiger partial charge in [0.2, 0.25) is 0 Å². The van der Waals surface area contributed by atoms with E-state index in [1.165, 1.54) is 43.6 Å². The van der Waals surface area contributed by atoms with Crippen molar-refractivity contribution in [2.75, 3.05) is 25.6 Å². The number of hydrogen-bond acceptors (Lipinski definition) is 2. The average molecular weight is 235 g/mol. The number of likely N-dealkylation sites (tertiary alicyclic amines) is 1. The zero-order valence-corrected chi connectivity index (χ0v) is 11.4. The van der Waals surface area contributed by atoms with Crippen molar-refractivity contribution < 1.29 is 0 Å². The second-order valence-corrected chi connectivity index (χ2v) is 5.28. The minimum Gasteiger partial charge on any atom is -0.326 e. The summed E-state index contributed by atoms with van der Waals surface area (Å²) in [6.07, 6.45) is 5.38. The number of hydrogen-bond donors (Lipinski definition) is 1. The predicted molar refractivity (Wildman–Crippen MR) is 73.0 cm³/mol. The van der Waals surface area contributed by atoms with Crippen molar-refractivity contribution in [1.82, 2.24) is 9.58 Å². The van der Waals surface area contributed by atoms with Gasteiger partial charge in [-0.25, -0.2) is 0 Å². The Morgan fingerprint density at radius 3 is 2.59 bits per heavy atom. The second kappa shape index (κ2) is 5.58. The molecule has 17 heavy (non-hydrogen) atoms. The molecule has 3 heteroatoms. The molecule has 1 unspecified atom stereocenters. The number of rotatable bonds is 4. The van der Waals surface area contributed by atoms with Crippen molar-refractivity contribution in [3.63, 3.8) is 0 Å². The molecule has 96 valence electrons. The van der Waals surface area contributed by atoms with Crippen molar-refractivity contribution in [3.8, 4) is 0 Å². The van der Waals surface area contributed by atoms with Gasteiger partial charge in [-0.1, -0.05) is 6.42 Å². The van der Waals surface area contributed by atoms with Crippen LogP contribution in [0.15, 0.2) is 12.1 Å². The molecule has 1 saturated heterocycles. The van der Waals surface area contributed by atoms with Crippen LogP contribution in [0.5, 0.6) is 0 Å². The van der Waals surface area contributed by atoms with Gasteiger partial charge in [0.15, 0.2) is 0 Å². The van der Waals surface area contributed by atoms with E-state index in [-0.39, 0.29) is 0 Å². The van der Waals surface area contributed by atoms with E-state index in [0.717, 1.165) is 12.6 Å². The Morgan fingerprint density at radius 1 is 1.24 bits per heavy atom. The van der Waals surface area contributed by atoms with Gasteiger partial charge in [-0.05, 0) is 58.8 Å². The van der Waals surface area contributed by atoms with Gasteiger partial charge in [-0.15, -0.1) is 0 Å². The molecule has 1 aromatic rings. The van der Waals surface area contributed by atoms with Crippen LogP contribution in [0.3, 0.4) is 0 Å². The summed E-state index contributed by atoms with van der Waals surface area (Å²) in [7, 11) is 2.26. The lowest BCUT2D eigenvalue weighted by Crippen LogP contribution is -2.38. The largest absolute Gasteiger partial charge is 0.326 e. The van der Waals surface area contributed by atoms with Crippen molar-refractivity contribution >= 4 is 0 Å². The van der Waals surface area contributed by atoms with Crippen LogP contribution in [-0.4, -0.2) is 35.8 Å². The summed E-state index contributed by atoms with van der Waals surface area (Å²) in [4.78, 5) is 2.51. The van der Waals surface area contributed by atoms with Gasteiger partial charge in [0.05, 0.1) is 0 Å². The fourth-order valence-electron chi connectivity index (χ4n) is 2.77. The minimum atomic E-state index is 0.771. The van der Waals surface area contributed by atoms with Gasteiger partial charge >= 0.3 is 0 Å². The molecule has 0 aliphatic carbocycles. The van der Waals surface area contributed by atoms with E-state index in [0.29, 0.717) is 0 Å². The van der Waals surface area contributed by atoms with E-state index in [9.17, 15) is 0 Å². The van der Waals surface area contributed by atoms with Gasteiger partial charge in [0.1, 0.15) is 0 Å². The molecule has 0 spiro atoms. The van der Waals surface area contributed by atoms with Crippen molar-refractivity contribution in [2.45, 2.75) is 45.6 Å². The summed E-state index contributed by atoms with van der Waals surface area (Å²) in [5.41, 5.74) is 6.10. The first-order valence-electron chi connectivity index (χ1n) is 6.77. The van der Waals surface area contributed by atoms with Gasteiger partial charge in [-0.2, -0.15) is 0 Å². The number of nitrogens with one attached hydrogen (secondary N) is 1. The minimum absolute atomic E-state index is 0.771. The van der Waals surface area contributed by atoms with E-state index in [4.69, 9.17) is 0 Å². The molecule has 0 amide bonds. The van der Waals surface area contributed by atoms with Crippen LogP contribution in [0, 0.1) is 13.8 Å². The summed E-state index contributed by atoms with van der Waals surface area (Å²) < 4.78 is 2.20. The molecular weight excluding hydrogens is 210 g/mol. The van der Waals surface area contributed by atoms with Crippen LogP contribution >= 0.6 is 0 Å². The third-order valence-corrected chi connectivity index (χ3v) is 3.94. The summed E-state index contributed by atoms with van der Waals surface area (Å²) in [5, 5.41) is 0. The lowest BCUT2D eigenvalue weighted by atomic mass is 10.0. The molecule has 0 saturated carbocycles. The lowest BCUT2D eigenvalue weighted by molar-refractivity contribution is 0.178. The molecule has 2 heterocycles. The maximum atomic E-state index is 3.52. The van der Waals surface area contributed by atoms with Crippen LogP contribution in [0.2, 0.25) is 0 Å². The van der Waals surface area contributed by atoms with Gasteiger partial charge in [0.25, 0.3) is 0 Å². The maximum absolute atomic E-state index is 3.52. The van der Waals surface area contributed by atoms with Crippen LogP contribution in [-0.2, 0) is 0 Å². The molecule has 0 aromatic carbocycles. The highest BCUT2D eigenvalue weighted by atomic mass is 15.4. The molecule has 1 atom stereocenters. The molecule has 1 aliphatic rings. The Balaban J connectivity index is 1.79. The average Bonchev–Trinajstić information content (AvgIpc) is 2.63. The fraction of sp³-hybridized carbons (Fsp3) is 0.714. The van der Waals surface area contributed by atoms with Gasteiger partial charge < -0.3 is 10.3 Å². The highest BCUT2D eigenvalue weighted by Crippen LogP contribution is 2.17. The van der Waals surface area contributed by atoms with E-state index < -0.39 is 0 Å². The van der Waals surface area contributed by atoms with Gasteiger partial charge in [0, 0.05) is 24.0 Å². The second-order valence-electron chi connectivity index (χ2n) is 5.28. The summed E-state index contributed by atoms with van der Waals surface area (Å²) in [6, 6.07) is 5.09. The Bertz CT molecular complexity index is 337. The van der Waals surface area contributed by atoms with Crippen LogP contribution < -0.4 is 5.43 Å². The first kappa shape index (κ1) is 12.5. The first-order chi connectivity index (χ1) is 8.18. The third kappa shape index (κ3) is 3.03. The molecule has 0 radical (unpaired) electrons. The monoisotopic (exact) mass is 235 g/mol. The van der Waals surface area contributed by atoms with E-state index in [2.05, 4.69) is 48.0 Å². The summed E-state index contributed by atoms with van der Waals surface area (Å²) in [5.74, 6) is 0. The Morgan fingerprint density at radius 2 is 1.94 bits per heavy atom. The number of aryl methyl sites for hydroxylation is 2. The SMILES string of the molecule is Cc1ccc(C)n1NCCC1CCCCN1C. The van der Waals surface area contributed by atoms with Crippen LogP contribution in [0.25, 0.3) is 0 Å². The molecule has 1 aliphatic heterocycles. The fourth-order valence-corrected chi connectivity index (χ4v) is 2.77. The Hall–Kier alpha value is -0.960. The molecule has 2 rings (SSSR count). The normalized spacial score (nSPS) is 21.7. The predicted octanol–water partition coefficient (Wildman–Crippen LogP) is 2.52. The summed E-state index contributed by atoms with van der Waals surface area (Å²) >= 11 is 0. The highest BCUT2D eigenvalue weighted by molar-refractivity contribution is 5.15. The van der Waals surface area contributed by atoms with Gasteiger partial charge in [-0.3, -0.25) is 4.68 Å². The first-order valence-corrected chi connectivity index (χ1v) is 6.77. The Labute approximate surface area is 105 Å².